The van der Waals surface area contributed by atoms with Crippen molar-refractivity contribution in [3.63, 3.8) is 0 Å². The number of fused-ring (bicyclic) bond motifs is 1. The predicted octanol–water partition coefficient (Wildman–Crippen LogP) is 5.03. The molecule has 1 amide bonds. The first-order valence-corrected chi connectivity index (χ1v) is 10.9. The van der Waals surface area contributed by atoms with Crippen molar-refractivity contribution in [1.82, 2.24) is 4.57 Å². The summed E-state index contributed by atoms with van der Waals surface area (Å²) in [5, 5.41) is 0. The lowest BCUT2D eigenvalue weighted by Gasteiger charge is -2.32. The standard InChI is InChI=1S/C27H27FN2O3/c1-16-6-7-17(2)22(12-16)29(5)25(32)24-20-13-27(3,4)14-23(31)21(20)15-30(26(24)33)19-10-8-18(28)9-11-19/h6-12,15H,13-14H2,1-5H3. The average Bonchev–Trinajstić information content (AvgIpc) is 2.74. The maximum atomic E-state index is 13.8. The molecular formula is C27H27FN2O3. The Balaban J connectivity index is 1.96. The molecule has 0 spiro atoms. The zero-order valence-electron chi connectivity index (χ0n) is 19.5. The number of anilines is 1. The van der Waals surface area contributed by atoms with E-state index in [4.69, 9.17) is 0 Å². The lowest BCUT2D eigenvalue weighted by molar-refractivity contribution is 0.0910. The topological polar surface area (TPSA) is 59.4 Å². The van der Waals surface area contributed by atoms with Crippen molar-refractivity contribution < 1.29 is 14.0 Å². The van der Waals surface area contributed by atoms with Crippen LogP contribution >= 0.6 is 0 Å². The van der Waals surface area contributed by atoms with E-state index in [1.807, 2.05) is 45.9 Å². The molecule has 0 atom stereocenters. The van der Waals surface area contributed by atoms with Gasteiger partial charge < -0.3 is 4.90 Å². The van der Waals surface area contributed by atoms with Crippen LogP contribution in [0.4, 0.5) is 10.1 Å². The number of aromatic nitrogens is 1. The molecule has 1 aliphatic carbocycles. The highest BCUT2D eigenvalue weighted by Gasteiger charge is 2.36. The monoisotopic (exact) mass is 446 g/mol. The van der Waals surface area contributed by atoms with Crippen molar-refractivity contribution in [2.75, 3.05) is 11.9 Å². The average molecular weight is 447 g/mol. The van der Waals surface area contributed by atoms with Gasteiger partial charge in [-0.2, -0.15) is 0 Å². The quantitative estimate of drug-likeness (QED) is 0.567. The van der Waals surface area contributed by atoms with Crippen molar-refractivity contribution in [3.8, 4) is 5.69 Å². The third-order valence-electron chi connectivity index (χ3n) is 6.26. The number of hydrogen-bond donors (Lipinski definition) is 0. The Hall–Kier alpha value is -3.54. The molecule has 1 aliphatic rings. The summed E-state index contributed by atoms with van der Waals surface area (Å²) in [7, 11) is 1.64. The van der Waals surface area contributed by atoms with Crippen LogP contribution in [-0.2, 0) is 6.42 Å². The van der Waals surface area contributed by atoms with Crippen LogP contribution < -0.4 is 10.5 Å². The number of carbonyl (C=O) groups is 2. The van der Waals surface area contributed by atoms with E-state index in [2.05, 4.69) is 0 Å². The fourth-order valence-corrected chi connectivity index (χ4v) is 4.52. The van der Waals surface area contributed by atoms with E-state index in [0.717, 1.165) is 11.1 Å². The van der Waals surface area contributed by atoms with Crippen LogP contribution in [0.2, 0.25) is 0 Å². The number of nitrogens with zero attached hydrogens (tertiary/aromatic N) is 2. The minimum absolute atomic E-state index is 0.0126. The highest BCUT2D eigenvalue weighted by atomic mass is 19.1. The van der Waals surface area contributed by atoms with Gasteiger partial charge in [0.25, 0.3) is 11.5 Å². The van der Waals surface area contributed by atoms with Crippen LogP contribution in [0.3, 0.4) is 0 Å². The molecule has 0 bridgehead atoms. The summed E-state index contributed by atoms with van der Waals surface area (Å²) in [6.07, 6.45) is 2.26. The molecule has 4 rings (SSSR count). The molecule has 3 aromatic rings. The van der Waals surface area contributed by atoms with Crippen molar-refractivity contribution in [2.24, 2.45) is 5.41 Å². The van der Waals surface area contributed by atoms with Gasteiger partial charge in [-0.25, -0.2) is 4.39 Å². The minimum atomic E-state index is -0.520. The van der Waals surface area contributed by atoms with Gasteiger partial charge in [-0.05, 0) is 72.7 Å². The SMILES string of the molecule is Cc1ccc(C)c(N(C)C(=O)c2c3c(cn(-c4ccc(F)cc4)c2=O)C(=O)CC(C)(C)C3)c1. The molecule has 170 valence electrons. The van der Waals surface area contributed by atoms with E-state index in [-0.39, 0.29) is 16.8 Å². The lowest BCUT2D eigenvalue weighted by atomic mass is 9.73. The second-order valence-electron chi connectivity index (χ2n) is 9.64. The first-order valence-electron chi connectivity index (χ1n) is 10.9. The number of hydrogen-bond acceptors (Lipinski definition) is 3. The maximum absolute atomic E-state index is 13.8. The number of halogens is 1. The summed E-state index contributed by atoms with van der Waals surface area (Å²) < 4.78 is 14.8. The highest BCUT2D eigenvalue weighted by Crippen LogP contribution is 2.36. The Morgan fingerprint density at radius 1 is 1.03 bits per heavy atom. The molecule has 1 aromatic heterocycles. The maximum Gasteiger partial charge on any atom is 0.268 e. The van der Waals surface area contributed by atoms with Crippen LogP contribution in [0, 0.1) is 25.1 Å². The molecule has 0 unspecified atom stereocenters. The van der Waals surface area contributed by atoms with Gasteiger partial charge in [0, 0.05) is 36.6 Å². The van der Waals surface area contributed by atoms with Crippen LogP contribution in [0.15, 0.2) is 53.5 Å². The van der Waals surface area contributed by atoms with E-state index in [1.54, 1.807) is 7.05 Å². The summed E-state index contributed by atoms with van der Waals surface area (Å²) in [5.74, 6) is -1.01. The summed E-state index contributed by atoms with van der Waals surface area (Å²) >= 11 is 0. The number of ketones is 1. The highest BCUT2D eigenvalue weighted by molar-refractivity contribution is 6.10. The molecular weight excluding hydrogens is 419 g/mol. The molecule has 0 saturated heterocycles. The zero-order valence-corrected chi connectivity index (χ0v) is 19.5. The largest absolute Gasteiger partial charge is 0.311 e. The number of pyridine rings is 1. The van der Waals surface area contributed by atoms with Gasteiger partial charge in [-0.15, -0.1) is 0 Å². The van der Waals surface area contributed by atoms with Gasteiger partial charge in [0.2, 0.25) is 0 Å². The predicted molar refractivity (Wildman–Crippen MR) is 127 cm³/mol. The normalized spacial score (nSPS) is 14.7. The second kappa shape index (κ2) is 8.10. The van der Waals surface area contributed by atoms with E-state index >= 15 is 0 Å². The molecule has 5 nitrogen and oxygen atoms in total. The minimum Gasteiger partial charge on any atom is -0.311 e. The van der Waals surface area contributed by atoms with Crippen molar-refractivity contribution in [3.05, 3.63) is 92.6 Å². The zero-order chi connectivity index (χ0) is 24.1. The molecule has 6 heteroatoms. The molecule has 0 aliphatic heterocycles. The van der Waals surface area contributed by atoms with Crippen molar-refractivity contribution in [1.29, 1.82) is 0 Å². The van der Waals surface area contributed by atoms with E-state index in [1.165, 1.54) is 39.9 Å². The lowest BCUT2D eigenvalue weighted by Crippen LogP contribution is -2.40. The summed E-state index contributed by atoms with van der Waals surface area (Å²) in [6, 6.07) is 11.2. The number of aryl methyl sites for hydroxylation is 2. The van der Waals surface area contributed by atoms with Gasteiger partial charge in [-0.1, -0.05) is 26.0 Å². The first-order chi connectivity index (χ1) is 15.5. The number of Topliss-reactive ketones (excluding diaryl/α,β-unsaturated/α-hetero) is 1. The third-order valence-corrected chi connectivity index (χ3v) is 6.26. The van der Waals surface area contributed by atoms with Crippen LogP contribution in [0.1, 0.15) is 57.7 Å². The van der Waals surface area contributed by atoms with E-state index < -0.39 is 17.3 Å². The van der Waals surface area contributed by atoms with Gasteiger partial charge >= 0.3 is 0 Å². The van der Waals surface area contributed by atoms with Crippen molar-refractivity contribution >= 4 is 17.4 Å². The fourth-order valence-electron chi connectivity index (χ4n) is 4.52. The van der Waals surface area contributed by atoms with Crippen LogP contribution in [0.25, 0.3) is 5.69 Å². The van der Waals surface area contributed by atoms with E-state index in [0.29, 0.717) is 35.3 Å². The Morgan fingerprint density at radius 3 is 2.36 bits per heavy atom. The molecule has 33 heavy (non-hydrogen) atoms. The number of benzene rings is 2. The number of amides is 1. The molecule has 0 radical (unpaired) electrons. The summed E-state index contributed by atoms with van der Waals surface area (Å²) in [6.45, 7) is 7.76. The Morgan fingerprint density at radius 2 is 1.70 bits per heavy atom. The summed E-state index contributed by atoms with van der Waals surface area (Å²) in [5.41, 5.74) is 2.94. The summed E-state index contributed by atoms with van der Waals surface area (Å²) in [4.78, 5) is 42.0. The third kappa shape index (κ3) is 4.13. The van der Waals surface area contributed by atoms with Crippen molar-refractivity contribution in [2.45, 2.75) is 40.5 Å². The molecule has 2 aromatic carbocycles. The van der Waals surface area contributed by atoms with Gasteiger partial charge in [0.1, 0.15) is 11.4 Å². The van der Waals surface area contributed by atoms with E-state index in [9.17, 15) is 18.8 Å². The smallest absolute Gasteiger partial charge is 0.268 e. The molecule has 0 fully saturated rings. The number of rotatable bonds is 3. The Bertz CT molecular complexity index is 1340. The molecule has 0 saturated carbocycles. The van der Waals surface area contributed by atoms with Gasteiger partial charge in [-0.3, -0.25) is 19.0 Å². The Kier molecular flexibility index (Phi) is 5.56. The van der Waals surface area contributed by atoms with Crippen LogP contribution in [0.5, 0.6) is 0 Å². The molecule has 1 heterocycles. The first kappa shape index (κ1) is 22.6. The number of carbonyl (C=O) groups excluding carboxylic acids is 2. The van der Waals surface area contributed by atoms with Crippen LogP contribution in [-0.4, -0.2) is 23.3 Å². The Labute approximate surface area is 192 Å². The fraction of sp³-hybridized carbons (Fsp3) is 0.296. The van der Waals surface area contributed by atoms with Gasteiger partial charge in [0.15, 0.2) is 5.78 Å². The second-order valence-corrected chi connectivity index (χ2v) is 9.64. The van der Waals surface area contributed by atoms with Gasteiger partial charge in [0.05, 0.1) is 0 Å². The molecule has 0 N–H and O–H groups in total.